The predicted octanol–water partition coefficient (Wildman–Crippen LogP) is 3.48. The molecule has 0 amide bonds. The SMILES string of the molecule is COc1ccc(OCc2ccccc2)c(F)c1CC1(O)CC1. The molecule has 4 heteroatoms. The zero-order chi connectivity index (χ0) is 15.6. The van der Waals surface area contributed by atoms with Crippen LogP contribution in [0.15, 0.2) is 42.5 Å². The second-order valence-corrected chi connectivity index (χ2v) is 5.73. The molecule has 0 spiro atoms. The average Bonchev–Trinajstić information content (AvgIpc) is 3.26. The van der Waals surface area contributed by atoms with Gasteiger partial charge in [0.1, 0.15) is 12.4 Å². The Morgan fingerprint density at radius 1 is 1.09 bits per heavy atom. The van der Waals surface area contributed by atoms with Crippen LogP contribution < -0.4 is 9.47 Å². The van der Waals surface area contributed by atoms with Crippen LogP contribution in [0.1, 0.15) is 24.0 Å². The molecule has 0 atom stereocenters. The third-order valence-corrected chi connectivity index (χ3v) is 3.95. The molecule has 3 nitrogen and oxygen atoms in total. The van der Waals surface area contributed by atoms with Crippen molar-refractivity contribution < 1.29 is 19.0 Å². The molecule has 0 aromatic heterocycles. The van der Waals surface area contributed by atoms with Gasteiger partial charge in [-0.2, -0.15) is 0 Å². The van der Waals surface area contributed by atoms with E-state index in [4.69, 9.17) is 9.47 Å². The molecule has 0 radical (unpaired) electrons. The molecule has 0 unspecified atom stereocenters. The van der Waals surface area contributed by atoms with E-state index < -0.39 is 11.4 Å². The van der Waals surface area contributed by atoms with Crippen molar-refractivity contribution in [3.63, 3.8) is 0 Å². The molecule has 1 aliphatic rings. The largest absolute Gasteiger partial charge is 0.496 e. The molecule has 1 fully saturated rings. The Hall–Kier alpha value is -2.07. The molecule has 0 bridgehead atoms. The Kier molecular flexibility index (Phi) is 4.03. The molecular weight excluding hydrogens is 283 g/mol. The minimum Gasteiger partial charge on any atom is -0.496 e. The van der Waals surface area contributed by atoms with Gasteiger partial charge >= 0.3 is 0 Å². The summed E-state index contributed by atoms with van der Waals surface area (Å²) in [6, 6.07) is 12.9. The van der Waals surface area contributed by atoms with Crippen molar-refractivity contribution in [1.82, 2.24) is 0 Å². The fourth-order valence-corrected chi connectivity index (χ4v) is 2.43. The maximum atomic E-state index is 14.7. The van der Waals surface area contributed by atoms with Crippen molar-refractivity contribution in [3.8, 4) is 11.5 Å². The van der Waals surface area contributed by atoms with Gasteiger partial charge in [0.15, 0.2) is 11.6 Å². The monoisotopic (exact) mass is 302 g/mol. The third kappa shape index (κ3) is 3.22. The number of aliphatic hydroxyl groups is 1. The number of hydrogen-bond acceptors (Lipinski definition) is 3. The molecule has 0 heterocycles. The van der Waals surface area contributed by atoms with Crippen molar-refractivity contribution in [2.45, 2.75) is 31.5 Å². The summed E-state index contributed by atoms with van der Waals surface area (Å²) < 4.78 is 25.5. The predicted molar refractivity (Wildman–Crippen MR) is 81.6 cm³/mol. The van der Waals surface area contributed by atoms with E-state index in [1.807, 2.05) is 30.3 Å². The number of methoxy groups -OCH3 is 1. The Bertz CT molecular complexity index is 651. The highest BCUT2D eigenvalue weighted by atomic mass is 19.1. The third-order valence-electron chi connectivity index (χ3n) is 3.95. The summed E-state index contributed by atoms with van der Waals surface area (Å²) in [6.07, 6.45) is 1.65. The number of hydrogen-bond donors (Lipinski definition) is 1. The second-order valence-electron chi connectivity index (χ2n) is 5.73. The summed E-state index contributed by atoms with van der Waals surface area (Å²) >= 11 is 0. The molecule has 0 aliphatic heterocycles. The smallest absolute Gasteiger partial charge is 0.172 e. The summed E-state index contributed by atoms with van der Waals surface area (Å²) in [6.45, 7) is 0.299. The Labute approximate surface area is 129 Å². The molecule has 22 heavy (non-hydrogen) atoms. The summed E-state index contributed by atoms with van der Waals surface area (Å²) in [4.78, 5) is 0. The Morgan fingerprint density at radius 2 is 1.77 bits per heavy atom. The van der Waals surface area contributed by atoms with E-state index in [1.54, 1.807) is 12.1 Å². The van der Waals surface area contributed by atoms with E-state index in [0.29, 0.717) is 30.8 Å². The second kappa shape index (κ2) is 5.97. The quantitative estimate of drug-likeness (QED) is 0.888. The molecule has 3 rings (SSSR count). The molecular formula is C18H19FO3. The van der Waals surface area contributed by atoms with E-state index in [9.17, 15) is 9.50 Å². The van der Waals surface area contributed by atoms with Crippen LogP contribution in [0.2, 0.25) is 0 Å². The first-order valence-corrected chi connectivity index (χ1v) is 7.36. The normalized spacial score (nSPS) is 15.4. The highest BCUT2D eigenvalue weighted by Crippen LogP contribution is 2.42. The standard InChI is InChI=1S/C18H19FO3/c1-21-15-7-8-16(22-12-13-5-3-2-4-6-13)17(19)14(15)11-18(20)9-10-18/h2-8,20H,9-12H2,1H3. The number of benzene rings is 2. The van der Waals surface area contributed by atoms with Crippen LogP contribution in [0.25, 0.3) is 0 Å². The van der Waals surface area contributed by atoms with Crippen LogP contribution in [0.3, 0.4) is 0 Å². The van der Waals surface area contributed by atoms with Gasteiger partial charge in [0.25, 0.3) is 0 Å². The van der Waals surface area contributed by atoms with Gasteiger partial charge in [-0.25, -0.2) is 4.39 Å². The minimum absolute atomic E-state index is 0.184. The number of ether oxygens (including phenoxy) is 2. The molecule has 0 saturated heterocycles. The molecule has 2 aromatic carbocycles. The highest BCUT2D eigenvalue weighted by molar-refractivity contribution is 5.43. The fourth-order valence-electron chi connectivity index (χ4n) is 2.43. The lowest BCUT2D eigenvalue weighted by molar-refractivity contribution is 0.148. The van der Waals surface area contributed by atoms with Gasteiger partial charge in [-0.3, -0.25) is 0 Å². The molecule has 1 saturated carbocycles. The van der Waals surface area contributed by atoms with E-state index in [1.165, 1.54) is 7.11 Å². The van der Waals surface area contributed by atoms with Crippen molar-refractivity contribution >= 4 is 0 Å². The van der Waals surface area contributed by atoms with E-state index in [2.05, 4.69) is 0 Å². The Balaban J connectivity index is 1.80. The summed E-state index contributed by atoms with van der Waals surface area (Å²) in [5.74, 6) is 0.185. The molecule has 116 valence electrons. The number of rotatable bonds is 6. The summed E-state index contributed by atoms with van der Waals surface area (Å²) in [5, 5.41) is 10.1. The van der Waals surface area contributed by atoms with Crippen LogP contribution >= 0.6 is 0 Å². The van der Waals surface area contributed by atoms with Gasteiger partial charge in [-0.15, -0.1) is 0 Å². The van der Waals surface area contributed by atoms with Crippen LogP contribution in [0, 0.1) is 5.82 Å². The minimum atomic E-state index is -0.786. The lowest BCUT2D eigenvalue weighted by Crippen LogP contribution is -2.13. The first-order chi connectivity index (χ1) is 10.6. The molecule has 1 aliphatic carbocycles. The van der Waals surface area contributed by atoms with Crippen LogP contribution in [-0.4, -0.2) is 17.8 Å². The lowest BCUT2D eigenvalue weighted by atomic mass is 10.0. The van der Waals surface area contributed by atoms with Gasteiger partial charge in [0, 0.05) is 12.0 Å². The van der Waals surface area contributed by atoms with E-state index in [0.717, 1.165) is 5.56 Å². The summed E-state index contributed by atoms with van der Waals surface area (Å²) in [5.41, 5.74) is 0.569. The zero-order valence-electron chi connectivity index (χ0n) is 12.5. The fraction of sp³-hybridized carbons (Fsp3) is 0.333. The maximum Gasteiger partial charge on any atom is 0.172 e. The average molecular weight is 302 g/mol. The first-order valence-electron chi connectivity index (χ1n) is 7.36. The number of halogens is 1. The summed E-state index contributed by atoms with van der Waals surface area (Å²) in [7, 11) is 1.50. The molecule has 2 aromatic rings. The van der Waals surface area contributed by atoms with E-state index >= 15 is 0 Å². The van der Waals surface area contributed by atoms with Gasteiger partial charge in [-0.05, 0) is 30.5 Å². The molecule has 1 N–H and O–H groups in total. The first kappa shape index (κ1) is 14.9. The van der Waals surface area contributed by atoms with E-state index in [-0.39, 0.29) is 12.2 Å². The van der Waals surface area contributed by atoms with Crippen molar-refractivity contribution in [2.75, 3.05) is 7.11 Å². The highest BCUT2D eigenvalue weighted by Gasteiger charge is 2.42. The maximum absolute atomic E-state index is 14.7. The van der Waals surface area contributed by atoms with Crippen LogP contribution in [0.5, 0.6) is 11.5 Å². The topological polar surface area (TPSA) is 38.7 Å². The van der Waals surface area contributed by atoms with Crippen molar-refractivity contribution in [1.29, 1.82) is 0 Å². The zero-order valence-corrected chi connectivity index (χ0v) is 12.5. The van der Waals surface area contributed by atoms with Gasteiger partial charge < -0.3 is 14.6 Å². The van der Waals surface area contributed by atoms with Gasteiger partial charge in [0.2, 0.25) is 0 Å². The van der Waals surface area contributed by atoms with Gasteiger partial charge in [-0.1, -0.05) is 30.3 Å². The Morgan fingerprint density at radius 3 is 2.41 bits per heavy atom. The van der Waals surface area contributed by atoms with Gasteiger partial charge in [0.05, 0.1) is 12.7 Å². The van der Waals surface area contributed by atoms with Crippen molar-refractivity contribution in [3.05, 3.63) is 59.4 Å². The van der Waals surface area contributed by atoms with Crippen LogP contribution in [0.4, 0.5) is 4.39 Å². The lowest BCUT2D eigenvalue weighted by Gasteiger charge is -2.16. The van der Waals surface area contributed by atoms with Crippen molar-refractivity contribution in [2.24, 2.45) is 0 Å². The van der Waals surface area contributed by atoms with Crippen LogP contribution in [-0.2, 0) is 13.0 Å².